The van der Waals surface area contributed by atoms with Gasteiger partial charge >= 0.3 is 5.97 Å². The van der Waals surface area contributed by atoms with Crippen LogP contribution in [0.2, 0.25) is 0 Å². The first-order valence-electron chi connectivity index (χ1n) is 12.1. The van der Waals surface area contributed by atoms with E-state index < -0.39 is 11.5 Å². The summed E-state index contributed by atoms with van der Waals surface area (Å²) in [5, 5.41) is 17.9. The number of rotatable bonds is 6. The highest BCUT2D eigenvalue weighted by Crippen LogP contribution is 2.40. The van der Waals surface area contributed by atoms with Crippen LogP contribution in [-0.2, 0) is 16.8 Å². The number of hydrogen-bond donors (Lipinski definition) is 4. The normalized spacial score (nSPS) is 16.7. The minimum atomic E-state index is -0.799. The van der Waals surface area contributed by atoms with Gasteiger partial charge in [-0.25, -0.2) is 9.37 Å². The maximum atomic E-state index is 12.5. The third kappa shape index (κ3) is 5.01. The van der Waals surface area contributed by atoms with Crippen LogP contribution in [0.25, 0.3) is 22.2 Å². The van der Waals surface area contributed by atoms with Crippen molar-refractivity contribution in [3.05, 3.63) is 89.8 Å². The molecular formula is C27H27FN6O3. The number of carboxylic acid groups (broad SMARTS) is 1. The molecule has 10 heteroatoms. The van der Waals surface area contributed by atoms with Crippen LogP contribution in [0.15, 0.2) is 65.6 Å². The predicted molar refractivity (Wildman–Crippen MR) is 135 cm³/mol. The molecule has 3 aromatic heterocycles. The number of hydrogen-bond acceptors (Lipinski definition) is 6. The molecule has 5 aromatic rings. The molecule has 1 aliphatic heterocycles. The van der Waals surface area contributed by atoms with E-state index in [0.29, 0.717) is 24.6 Å². The van der Waals surface area contributed by atoms with E-state index in [2.05, 4.69) is 42.5 Å². The van der Waals surface area contributed by atoms with Gasteiger partial charge in [-0.15, -0.1) is 0 Å². The molecule has 1 aliphatic rings. The molecule has 0 saturated heterocycles. The van der Waals surface area contributed by atoms with E-state index in [0.717, 1.165) is 35.4 Å². The van der Waals surface area contributed by atoms with E-state index in [4.69, 9.17) is 9.63 Å². The Morgan fingerprint density at radius 1 is 1.19 bits per heavy atom. The number of aromatic nitrogens is 5. The van der Waals surface area contributed by atoms with Crippen LogP contribution in [0, 0.1) is 12.7 Å². The minimum absolute atomic E-state index is 0.107. The van der Waals surface area contributed by atoms with Crippen LogP contribution in [0.3, 0.4) is 0 Å². The lowest BCUT2D eigenvalue weighted by Crippen LogP contribution is -2.49. The molecule has 1 atom stereocenters. The summed E-state index contributed by atoms with van der Waals surface area (Å²) >= 11 is 0. The third-order valence-corrected chi connectivity index (χ3v) is 6.55. The molecule has 2 aromatic carbocycles. The lowest BCUT2D eigenvalue weighted by atomic mass is 9.82. The number of halogens is 1. The Hall–Kier alpha value is -4.31. The number of aliphatic carboxylic acids is 1. The Labute approximate surface area is 212 Å². The second-order valence-electron chi connectivity index (χ2n) is 8.96. The number of nitrogens with zero attached hydrogens (tertiary/aromatic N) is 3. The molecule has 0 aliphatic carbocycles. The number of benzene rings is 2. The van der Waals surface area contributed by atoms with Gasteiger partial charge in [-0.05, 0) is 60.7 Å². The van der Waals surface area contributed by atoms with Crippen molar-refractivity contribution >= 4 is 16.9 Å². The Balaban J connectivity index is 0.000000195. The molecule has 0 saturated carbocycles. The summed E-state index contributed by atoms with van der Waals surface area (Å²) in [4.78, 5) is 25.8. The van der Waals surface area contributed by atoms with E-state index >= 15 is 0 Å². The van der Waals surface area contributed by atoms with E-state index in [1.54, 1.807) is 31.6 Å². The standard InChI is InChI=1S/C18H20N4O3.C9H7FN2/c1-11-20-17(22-25-11)18(9-4-7-15(23)24)16-13(8-10-19-18)12-5-2-3-6-14(12)21-16;10-8-3-1-7(2-4-8)9-5-11-6-12-9/h2-3,5-6,19,21H,4,7-10H2,1H3,(H,23,24);1-6H,(H,11,12). The summed E-state index contributed by atoms with van der Waals surface area (Å²) in [5.74, 6) is 0.0333. The van der Waals surface area contributed by atoms with Crippen LogP contribution in [0.1, 0.15) is 42.2 Å². The predicted octanol–water partition coefficient (Wildman–Crippen LogP) is 4.72. The molecule has 4 heterocycles. The molecule has 9 nitrogen and oxygen atoms in total. The fourth-order valence-electron chi connectivity index (χ4n) is 4.85. The molecule has 190 valence electrons. The summed E-state index contributed by atoms with van der Waals surface area (Å²) in [6, 6.07) is 14.5. The summed E-state index contributed by atoms with van der Waals surface area (Å²) in [5.41, 5.74) is 4.51. The SMILES string of the molecule is Cc1nc(C2(CCCC(=O)O)NCCc3c2[nH]c2ccccc32)no1.Fc1ccc(-c2cnc[nH]2)cc1. The number of fused-ring (bicyclic) bond motifs is 3. The highest BCUT2D eigenvalue weighted by Gasteiger charge is 2.43. The zero-order valence-corrected chi connectivity index (χ0v) is 20.3. The number of aryl methyl sites for hydroxylation is 1. The molecule has 37 heavy (non-hydrogen) atoms. The molecule has 4 N–H and O–H groups in total. The number of nitrogens with one attached hydrogen (secondary N) is 3. The summed E-state index contributed by atoms with van der Waals surface area (Å²) in [6.07, 6.45) is 5.40. The van der Waals surface area contributed by atoms with Gasteiger partial charge in [-0.1, -0.05) is 23.4 Å². The first kappa shape index (κ1) is 24.4. The maximum Gasteiger partial charge on any atom is 0.303 e. The molecule has 6 rings (SSSR count). The highest BCUT2D eigenvalue weighted by atomic mass is 19.1. The van der Waals surface area contributed by atoms with Crippen molar-refractivity contribution in [2.75, 3.05) is 6.54 Å². The van der Waals surface area contributed by atoms with Gasteiger partial charge in [0.05, 0.1) is 18.2 Å². The summed E-state index contributed by atoms with van der Waals surface area (Å²) in [6.45, 7) is 2.53. The van der Waals surface area contributed by atoms with Crippen LogP contribution in [-0.4, -0.2) is 42.7 Å². The second kappa shape index (κ2) is 10.4. The third-order valence-electron chi connectivity index (χ3n) is 6.55. The first-order valence-corrected chi connectivity index (χ1v) is 12.1. The minimum Gasteiger partial charge on any atom is -0.481 e. The zero-order chi connectivity index (χ0) is 25.8. The Morgan fingerprint density at radius 2 is 2.00 bits per heavy atom. The van der Waals surface area contributed by atoms with E-state index in [1.165, 1.54) is 23.1 Å². The van der Waals surface area contributed by atoms with Gasteiger partial charge in [0, 0.05) is 36.5 Å². The number of H-pyrrole nitrogens is 2. The fraction of sp³-hybridized carbons (Fsp3) is 0.259. The maximum absolute atomic E-state index is 12.5. The number of para-hydroxylation sites is 1. The summed E-state index contributed by atoms with van der Waals surface area (Å²) < 4.78 is 17.7. The molecule has 0 radical (unpaired) electrons. The van der Waals surface area contributed by atoms with Crippen molar-refractivity contribution in [1.82, 2.24) is 30.4 Å². The van der Waals surface area contributed by atoms with Gasteiger partial charge < -0.3 is 19.6 Å². The van der Waals surface area contributed by atoms with Gasteiger partial charge in [-0.3, -0.25) is 10.1 Å². The monoisotopic (exact) mass is 502 g/mol. The van der Waals surface area contributed by atoms with Crippen molar-refractivity contribution in [2.24, 2.45) is 0 Å². The Bertz CT molecular complexity index is 1490. The van der Waals surface area contributed by atoms with Crippen molar-refractivity contribution in [3.63, 3.8) is 0 Å². The topological polar surface area (TPSA) is 133 Å². The molecule has 0 bridgehead atoms. The van der Waals surface area contributed by atoms with E-state index in [1.807, 2.05) is 12.1 Å². The van der Waals surface area contributed by atoms with Crippen molar-refractivity contribution in [1.29, 1.82) is 0 Å². The quantitative estimate of drug-likeness (QED) is 0.264. The first-order chi connectivity index (χ1) is 18.0. The molecule has 0 spiro atoms. The van der Waals surface area contributed by atoms with Gasteiger partial charge in [0.15, 0.2) is 5.82 Å². The Kier molecular flexibility index (Phi) is 6.82. The lowest BCUT2D eigenvalue weighted by Gasteiger charge is -2.36. The number of aromatic amines is 2. The van der Waals surface area contributed by atoms with Crippen molar-refractivity contribution in [2.45, 2.75) is 38.1 Å². The average Bonchev–Trinajstić information content (AvgIpc) is 3.65. The Morgan fingerprint density at radius 3 is 2.70 bits per heavy atom. The molecule has 1 unspecified atom stereocenters. The molecular weight excluding hydrogens is 475 g/mol. The van der Waals surface area contributed by atoms with Gasteiger partial charge in [-0.2, -0.15) is 4.98 Å². The molecule has 0 amide bonds. The number of carboxylic acids is 1. The van der Waals surface area contributed by atoms with Crippen molar-refractivity contribution < 1.29 is 18.8 Å². The lowest BCUT2D eigenvalue weighted by molar-refractivity contribution is -0.137. The number of imidazole rings is 1. The van der Waals surface area contributed by atoms with Gasteiger partial charge in [0.1, 0.15) is 11.4 Å². The van der Waals surface area contributed by atoms with Gasteiger partial charge in [0.25, 0.3) is 0 Å². The number of carbonyl (C=O) groups is 1. The summed E-state index contributed by atoms with van der Waals surface area (Å²) in [7, 11) is 0. The largest absolute Gasteiger partial charge is 0.481 e. The van der Waals surface area contributed by atoms with Crippen LogP contribution in [0.4, 0.5) is 4.39 Å². The zero-order valence-electron chi connectivity index (χ0n) is 20.3. The fourth-order valence-corrected chi connectivity index (χ4v) is 4.85. The van der Waals surface area contributed by atoms with E-state index in [-0.39, 0.29) is 12.2 Å². The molecule has 0 fully saturated rings. The van der Waals surface area contributed by atoms with Gasteiger partial charge in [0.2, 0.25) is 5.89 Å². The average molecular weight is 503 g/mol. The smallest absolute Gasteiger partial charge is 0.303 e. The van der Waals surface area contributed by atoms with Crippen LogP contribution < -0.4 is 5.32 Å². The second-order valence-corrected chi connectivity index (χ2v) is 8.96. The van der Waals surface area contributed by atoms with E-state index in [9.17, 15) is 9.18 Å². The van der Waals surface area contributed by atoms with Crippen molar-refractivity contribution in [3.8, 4) is 11.3 Å². The highest BCUT2D eigenvalue weighted by molar-refractivity contribution is 5.85. The van der Waals surface area contributed by atoms with Crippen LogP contribution >= 0.6 is 0 Å². The van der Waals surface area contributed by atoms with Crippen LogP contribution in [0.5, 0.6) is 0 Å².